The molecule has 0 aromatic heterocycles. The molecule has 1 aromatic rings. The molecule has 2 aliphatic heterocycles. The second-order valence-corrected chi connectivity index (χ2v) is 7.42. The summed E-state index contributed by atoms with van der Waals surface area (Å²) in [6.45, 7) is 5.80. The van der Waals surface area contributed by atoms with E-state index in [1.165, 1.54) is 0 Å². The molecule has 3 amide bonds. The molecule has 0 unspecified atom stereocenters. The molecule has 0 bridgehead atoms. The summed E-state index contributed by atoms with van der Waals surface area (Å²) >= 11 is 0. The number of benzene rings is 1. The van der Waals surface area contributed by atoms with Crippen LogP contribution in [0.15, 0.2) is 18.2 Å². The highest BCUT2D eigenvalue weighted by atomic mass is 16.5. The van der Waals surface area contributed by atoms with Gasteiger partial charge in [-0.05, 0) is 31.0 Å². The highest BCUT2D eigenvalue weighted by Crippen LogP contribution is 2.36. The molecule has 1 aromatic carbocycles. The number of hydrogen-bond donors (Lipinski definition) is 1. The van der Waals surface area contributed by atoms with Gasteiger partial charge in [-0.1, -0.05) is 6.07 Å². The lowest BCUT2D eigenvalue weighted by Crippen LogP contribution is -2.53. The molecule has 2 fully saturated rings. The summed E-state index contributed by atoms with van der Waals surface area (Å²) in [5.41, 5.74) is 1.04. The molecule has 2 saturated heterocycles. The molecule has 0 saturated carbocycles. The Morgan fingerprint density at radius 1 is 1.10 bits per heavy atom. The van der Waals surface area contributed by atoms with E-state index >= 15 is 0 Å². The second kappa shape index (κ2) is 9.82. The van der Waals surface area contributed by atoms with E-state index in [-0.39, 0.29) is 23.8 Å². The minimum atomic E-state index is -0.234. The van der Waals surface area contributed by atoms with E-state index in [1.807, 2.05) is 30.0 Å². The summed E-state index contributed by atoms with van der Waals surface area (Å²) in [6.07, 6.45) is 0.696. The molecule has 0 spiro atoms. The van der Waals surface area contributed by atoms with Gasteiger partial charge in [0.2, 0.25) is 5.91 Å². The molecule has 2 atom stereocenters. The Balaban J connectivity index is 1.83. The van der Waals surface area contributed by atoms with Gasteiger partial charge in [0.15, 0.2) is 11.5 Å². The minimum absolute atomic E-state index is 0.0427. The number of methoxy groups -OCH3 is 2. The van der Waals surface area contributed by atoms with Crippen LogP contribution in [0, 0.1) is 5.92 Å². The van der Waals surface area contributed by atoms with Crippen LogP contribution in [0.1, 0.15) is 24.8 Å². The molecule has 2 heterocycles. The Morgan fingerprint density at radius 2 is 1.83 bits per heavy atom. The maximum absolute atomic E-state index is 13.1. The zero-order chi connectivity index (χ0) is 20.8. The van der Waals surface area contributed by atoms with Gasteiger partial charge in [0.05, 0.1) is 33.4 Å². The van der Waals surface area contributed by atoms with Crippen molar-refractivity contribution >= 4 is 11.9 Å². The Bertz CT molecular complexity index is 720. The Morgan fingerprint density at radius 3 is 2.48 bits per heavy atom. The monoisotopic (exact) mass is 405 g/mol. The summed E-state index contributed by atoms with van der Waals surface area (Å²) in [4.78, 5) is 29.3. The fourth-order valence-electron chi connectivity index (χ4n) is 4.10. The van der Waals surface area contributed by atoms with Crippen LogP contribution in [0.5, 0.6) is 11.5 Å². The Hall–Kier alpha value is -2.48. The first-order valence-electron chi connectivity index (χ1n) is 10.2. The van der Waals surface area contributed by atoms with Crippen LogP contribution in [-0.2, 0) is 9.53 Å². The molecular weight excluding hydrogens is 374 g/mol. The largest absolute Gasteiger partial charge is 0.493 e. The number of piperidine rings is 1. The molecule has 160 valence electrons. The molecule has 0 aliphatic carbocycles. The summed E-state index contributed by atoms with van der Waals surface area (Å²) < 4.78 is 16.2. The molecule has 0 radical (unpaired) electrons. The number of hydrogen-bond acceptors (Lipinski definition) is 5. The van der Waals surface area contributed by atoms with Crippen LogP contribution < -0.4 is 14.8 Å². The van der Waals surface area contributed by atoms with Crippen molar-refractivity contribution in [1.82, 2.24) is 15.1 Å². The lowest BCUT2D eigenvalue weighted by molar-refractivity contribution is -0.141. The van der Waals surface area contributed by atoms with E-state index in [2.05, 4.69) is 5.32 Å². The molecule has 3 rings (SSSR count). The summed E-state index contributed by atoms with van der Waals surface area (Å²) in [6, 6.07) is 5.68. The van der Waals surface area contributed by atoms with Crippen LogP contribution in [0.25, 0.3) is 0 Å². The minimum Gasteiger partial charge on any atom is -0.493 e. The number of carbonyl (C=O) groups excluding carboxylic acids is 2. The van der Waals surface area contributed by atoms with Crippen molar-refractivity contribution < 1.29 is 23.8 Å². The Kier molecular flexibility index (Phi) is 7.19. The first-order chi connectivity index (χ1) is 14.1. The molecule has 8 nitrogen and oxygen atoms in total. The van der Waals surface area contributed by atoms with E-state index in [9.17, 15) is 9.59 Å². The quantitative estimate of drug-likeness (QED) is 0.807. The van der Waals surface area contributed by atoms with Crippen molar-refractivity contribution in [2.24, 2.45) is 5.92 Å². The standard InChI is InChI=1S/C21H31N3O5/c1-4-22-21(26)24-13-16(15-5-6-18(27-2)19(12-15)28-3)11-17(14-24)20(25)23-7-9-29-10-8-23/h5-6,12,16-17H,4,7-11,13-14H2,1-3H3,(H,22,26)/t16-,17+/m1/s1. The van der Waals surface area contributed by atoms with Gasteiger partial charge >= 0.3 is 6.03 Å². The average molecular weight is 405 g/mol. The van der Waals surface area contributed by atoms with Crippen LogP contribution in [-0.4, -0.2) is 81.9 Å². The topological polar surface area (TPSA) is 80.3 Å². The number of morpholine rings is 1. The molecule has 2 aliphatic rings. The van der Waals surface area contributed by atoms with Gasteiger partial charge in [-0.3, -0.25) is 4.79 Å². The van der Waals surface area contributed by atoms with E-state index in [1.54, 1.807) is 19.1 Å². The summed E-state index contributed by atoms with van der Waals surface area (Å²) in [5, 5.41) is 2.86. The predicted octanol–water partition coefficient (Wildman–Crippen LogP) is 1.70. The van der Waals surface area contributed by atoms with Gasteiger partial charge in [0.25, 0.3) is 0 Å². The van der Waals surface area contributed by atoms with Crippen LogP contribution >= 0.6 is 0 Å². The summed E-state index contributed by atoms with van der Waals surface area (Å²) in [7, 11) is 3.21. The Labute approximate surface area is 172 Å². The van der Waals surface area contributed by atoms with E-state index < -0.39 is 0 Å². The van der Waals surface area contributed by atoms with Crippen molar-refractivity contribution in [3.05, 3.63) is 23.8 Å². The van der Waals surface area contributed by atoms with Crippen LogP contribution in [0.2, 0.25) is 0 Å². The predicted molar refractivity (Wildman–Crippen MR) is 108 cm³/mol. The lowest BCUT2D eigenvalue weighted by Gasteiger charge is -2.40. The third kappa shape index (κ3) is 4.93. The smallest absolute Gasteiger partial charge is 0.317 e. The average Bonchev–Trinajstić information content (AvgIpc) is 2.78. The fraction of sp³-hybridized carbons (Fsp3) is 0.619. The number of nitrogens with one attached hydrogen (secondary N) is 1. The van der Waals surface area contributed by atoms with Gasteiger partial charge in [0.1, 0.15) is 0 Å². The second-order valence-electron chi connectivity index (χ2n) is 7.42. The highest BCUT2D eigenvalue weighted by Gasteiger charge is 2.37. The lowest BCUT2D eigenvalue weighted by atomic mass is 9.83. The fourth-order valence-corrected chi connectivity index (χ4v) is 4.10. The molecule has 1 N–H and O–H groups in total. The van der Waals surface area contributed by atoms with E-state index in [0.717, 1.165) is 5.56 Å². The van der Waals surface area contributed by atoms with E-state index in [4.69, 9.17) is 14.2 Å². The van der Waals surface area contributed by atoms with Gasteiger partial charge in [-0.25, -0.2) is 4.79 Å². The number of urea groups is 1. The van der Waals surface area contributed by atoms with Crippen molar-refractivity contribution in [3.8, 4) is 11.5 Å². The maximum Gasteiger partial charge on any atom is 0.317 e. The van der Waals surface area contributed by atoms with Crippen molar-refractivity contribution in [1.29, 1.82) is 0 Å². The first kappa shape index (κ1) is 21.2. The normalized spacial score (nSPS) is 22.2. The van der Waals surface area contributed by atoms with Gasteiger partial charge < -0.3 is 29.3 Å². The van der Waals surface area contributed by atoms with Gasteiger partial charge in [0, 0.05) is 38.6 Å². The van der Waals surface area contributed by atoms with Crippen LogP contribution in [0.4, 0.5) is 4.79 Å². The number of carbonyl (C=O) groups is 2. The van der Waals surface area contributed by atoms with Crippen molar-refractivity contribution in [2.75, 3.05) is 60.2 Å². The summed E-state index contributed by atoms with van der Waals surface area (Å²) in [5.74, 6) is 1.22. The number of likely N-dealkylation sites (tertiary alicyclic amines) is 1. The number of amides is 3. The third-order valence-electron chi connectivity index (χ3n) is 5.62. The van der Waals surface area contributed by atoms with Crippen molar-refractivity contribution in [2.45, 2.75) is 19.3 Å². The molecule has 29 heavy (non-hydrogen) atoms. The van der Waals surface area contributed by atoms with Gasteiger partial charge in [-0.15, -0.1) is 0 Å². The first-order valence-corrected chi connectivity index (χ1v) is 10.2. The zero-order valence-corrected chi connectivity index (χ0v) is 17.5. The highest BCUT2D eigenvalue weighted by molar-refractivity contribution is 5.81. The SMILES string of the molecule is CCNC(=O)N1C[C@@H](C(=O)N2CCOCC2)C[C@@H](c2ccc(OC)c(OC)c2)C1. The molecule has 8 heteroatoms. The zero-order valence-electron chi connectivity index (χ0n) is 17.5. The van der Waals surface area contributed by atoms with Crippen molar-refractivity contribution in [3.63, 3.8) is 0 Å². The maximum atomic E-state index is 13.1. The van der Waals surface area contributed by atoms with Crippen LogP contribution in [0.3, 0.4) is 0 Å². The number of rotatable bonds is 5. The number of nitrogens with zero attached hydrogens (tertiary/aromatic N) is 2. The number of ether oxygens (including phenoxy) is 3. The molecular formula is C21H31N3O5. The van der Waals surface area contributed by atoms with E-state index in [0.29, 0.717) is 63.9 Å². The third-order valence-corrected chi connectivity index (χ3v) is 5.62. The van der Waals surface area contributed by atoms with Gasteiger partial charge in [-0.2, -0.15) is 0 Å².